The summed E-state index contributed by atoms with van der Waals surface area (Å²) in [6, 6.07) is 21.7. The number of hydrogen-bond acceptors (Lipinski definition) is 5. The van der Waals surface area contributed by atoms with Gasteiger partial charge in [0.05, 0.1) is 29.0 Å². The van der Waals surface area contributed by atoms with Crippen LogP contribution >= 0.6 is 12.2 Å². The van der Waals surface area contributed by atoms with Crippen LogP contribution in [0.4, 0.5) is 11.4 Å². The van der Waals surface area contributed by atoms with E-state index in [0.29, 0.717) is 16.5 Å². The van der Waals surface area contributed by atoms with Crippen molar-refractivity contribution < 1.29 is 19.4 Å². The van der Waals surface area contributed by atoms with Gasteiger partial charge in [-0.1, -0.05) is 18.2 Å². The topological polar surface area (TPSA) is 109 Å². The van der Waals surface area contributed by atoms with Gasteiger partial charge < -0.3 is 29.9 Å². The van der Waals surface area contributed by atoms with Crippen LogP contribution in [0.3, 0.4) is 0 Å². The number of methoxy groups -OCH3 is 1. The van der Waals surface area contributed by atoms with Crippen molar-refractivity contribution in [2.45, 2.75) is 25.9 Å². The number of rotatable bonds is 8. The number of carbonyl (C=O) groups is 2. The lowest BCUT2D eigenvalue weighted by atomic mass is 9.96. The molecule has 40 heavy (non-hydrogen) atoms. The van der Waals surface area contributed by atoms with E-state index >= 15 is 0 Å². The Bertz CT molecular complexity index is 1570. The van der Waals surface area contributed by atoms with Crippen LogP contribution in [0.5, 0.6) is 0 Å². The van der Waals surface area contributed by atoms with E-state index in [1.807, 2.05) is 77.9 Å². The standard InChI is InChI=1S/C30H29N5O4S/c1-18-16-23(19(2)34(18)25-10-5-4-8-22(25)29(37)38)28-27(24-9-6-7-15-31-24)33-30(40)35(28)21-13-11-20(12-14-21)32-26(36)17-39-3/h4-16,27-28H,17H2,1-3H3,(H,32,36)(H,33,40)(H,37,38). The van der Waals surface area contributed by atoms with Crippen LogP contribution in [0.25, 0.3) is 5.69 Å². The number of hydrogen-bond donors (Lipinski definition) is 3. The van der Waals surface area contributed by atoms with Crippen molar-refractivity contribution in [2.24, 2.45) is 0 Å². The highest BCUT2D eigenvalue weighted by Crippen LogP contribution is 2.44. The minimum absolute atomic E-state index is 0.0314. The highest BCUT2D eigenvalue weighted by Gasteiger charge is 2.42. The SMILES string of the molecule is COCC(=O)Nc1ccc(N2C(=S)NC(c3ccccn3)C2c2cc(C)n(-c3ccccc3C(=O)O)c2C)cc1. The number of carboxylic acids is 1. The number of para-hydroxylation sites is 1. The third-order valence-electron chi connectivity index (χ3n) is 6.97. The van der Waals surface area contributed by atoms with Crippen molar-refractivity contribution in [3.05, 3.63) is 107 Å². The van der Waals surface area contributed by atoms with Gasteiger partial charge in [-0.15, -0.1) is 0 Å². The summed E-state index contributed by atoms with van der Waals surface area (Å²) in [5, 5.41) is 16.7. The Balaban J connectivity index is 1.61. The average Bonchev–Trinajstić information content (AvgIpc) is 3.44. The number of thiocarbonyl (C=S) groups is 1. The number of aromatic nitrogens is 2. The fraction of sp³-hybridized carbons (Fsp3) is 0.200. The van der Waals surface area contributed by atoms with Gasteiger partial charge in [0.25, 0.3) is 0 Å². The number of amides is 1. The molecule has 2 atom stereocenters. The number of carboxylic acid groups (broad SMARTS) is 1. The maximum atomic E-state index is 12.0. The smallest absolute Gasteiger partial charge is 0.337 e. The predicted molar refractivity (Wildman–Crippen MR) is 157 cm³/mol. The zero-order valence-electron chi connectivity index (χ0n) is 22.3. The first kappa shape index (κ1) is 27.0. The van der Waals surface area contributed by atoms with E-state index in [1.165, 1.54) is 7.11 Å². The van der Waals surface area contributed by atoms with Crippen molar-refractivity contribution >= 4 is 40.6 Å². The van der Waals surface area contributed by atoms with E-state index in [-0.39, 0.29) is 30.2 Å². The fourth-order valence-corrected chi connectivity index (χ4v) is 5.64. The molecule has 0 bridgehead atoms. The summed E-state index contributed by atoms with van der Waals surface area (Å²) < 4.78 is 6.88. The number of ether oxygens (including phenoxy) is 1. The molecule has 5 rings (SSSR count). The van der Waals surface area contributed by atoms with Crippen LogP contribution < -0.4 is 15.5 Å². The molecule has 0 spiro atoms. The van der Waals surface area contributed by atoms with E-state index in [2.05, 4.69) is 21.7 Å². The number of carbonyl (C=O) groups excluding carboxylic acids is 1. The Labute approximate surface area is 237 Å². The van der Waals surface area contributed by atoms with Crippen molar-refractivity contribution in [2.75, 3.05) is 23.9 Å². The highest BCUT2D eigenvalue weighted by molar-refractivity contribution is 7.80. The summed E-state index contributed by atoms with van der Waals surface area (Å²) >= 11 is 5.86. The number of benzene rings is 2. The molecule has 2 aromatic heterocycles. The molecule has 1 saturated heterocycles. The third-order valence-corrected chi connectivity index (χ3v) is 7.28. The minimum Gasteiger partial charge on any atom is -0.478 e. The lowest BCUT2D eigenvalue weighted by Crippen LogP contribution is -2.29. The Morgan fingerprint density at radius 1 is 1.07 bits per heavy atom. The van der Waals surface area contributed by atoms with Gasteiger partial charge in [0.1, 0.15) is 6.61 Å². The second kappa shape index (κ2) is 11.3. The average molecular weight is 556 g/mol. The molecule has 0 saturated carbocycles. The first-order valence-corrected chi connectivity index (χ1v) is 13.1. The molecule has 2 unspecified atom stereocenters. The minimum atomic E-state index is -0.987. The highest BCUT2D eigenvalue weighted by atomic mass is 32.1. The van der Waals surface area contributed by atoms with Gasteiger partial charge >= 0.3 is 5.97 Å². The maximum absolute atomic E-state index is 12.0. The number of pyridine rings is 1. The zero-order chi connectivity index (χ0) is 28.4. The van der Waals surface area contributed by atoms with Crippen molar-refractivity contribution in [1.82, 2.24) is 14.9 Å². The van der Waals surface area contributed by atoms with Gasteiger partial charge in [-0.05, 0) is 86.2 Å². The summed E-state index contributed by atoms with van der Waals surface area (Å²) in [5.74, 6) is -1.23. The molecule has 4 aromatic rings. The second-order valence-electron chi connectivity index (χ2n) is 9.51. The van der Waals surface area contributed by atoms with Crippen LogP contribution in [0, 0.1) is 13.8 Å². The van der Waals surface area contributed by atoms with Gasteiger partial charge in [0.2, 0.25) is 5.91 Å². The first-order valence-electron chi connectivity index (χ1n) is 12.7. The monoisotopic (exact) mass is 555 g/mol. The van der Waals surface area contributed by atoms with Crippen LogP contribution in [-0.4, -0.2) is 45.4 Å². The molecule has 204 valence electrons. The predicted octanol–water partition coefficient (Wildman–Crippen LogP) is 4.95. The molecule has 9 nitrogen and oxygen atoms in total. The molecule has 0 radical (unpaired) electrons. The Morgan fingerprint density at radius 2 is 1.80 bits per heavy atom. The van der Waals surface area contributed by atoms with Gasteiger partial charge in [-0.3, -0.25) is 9.78 Å². The lowest BCUT2D eigenvalue weighted by Gasteiger charge is -2.28. The largest absolute Gasteiger partial charge is 0.478 e. The van der Waals surface area contributed by atoms with Crippen LogP contribution in [0.15, 0.2) is 79.0 Å². The summed E-state index contributed by atoms with van der Waals surface area (Å²) in [6.45, 7) is 3.92. The number of nitrogens with zero attached hydrogens (tertiary/aromatic N) is 3. The summed E-state index contributed by atoms with van der Waals surface area (Å²) in [4.78, 5) is 30.7. The fourth-order valence-electron chi connectivity index (χ4n) is 5.29. The van der Waals surface area contributed by atoms with Crippen molar-refractivity contribution in [3.63, 3.8) is 0 Å². The summed E-state index contributed by atoms with van der Waals surface area (Å²) in [5.41, 5.74) is 5.91. The van der Waals surface area contributed by atoms with Crippen LogP contribution in [0.1, 0.15) is 45.1 Å². The molecule has 10 heteroatoms. The van der Waals surface area contributed by atoms with Crippen molar-refractivity contribution in [3.8, 4) is 5.69 Å². The second-order valence-corrected chi connectivity index (χ2v) is 9.90. The van der Waals surface area contributed by atoms with Gasteiger partial charge in [0, 0.05) is 36.1 Å². The zero-order valence-corrected chi connectivity index (χ0v) is 23.1. The van der Waals surface area contributed by atoms with E-state index in [4.69, 9.17) is 17.0 Å². The normalized spacial score (nSPS) is 16.6. The van der Waals surface area contributed by atoms with Crippen LogP contribution in [0.2, 0.25) is 0 Å². The van der Waals surface area contributed by atoms with Crippen molar-refractivity contribution in [1.29, 1.82) is 0 Å². The first-order chi connectivity index (χ1) is 19.3. The molecular formula is C30H29N5O4S. The molecule has 1 aliphatic rings. The number of aromatic carboxylic acids is 1. The molecule has 2 aromatic carbocycles. The van der Waals surface area contributed by atoms with Crippen LogP contribution in [-0.2, 0) is 9.53 Å². The quantitative estimate of drug-likeness (QED) is 0.262. The molecule has 1 amide bonds. The van der Waals surface area contributed by atoms with Gasteiger partial charge in [0.15, 0.2) is 5.11 Å². The summed E-state index contributed by atoms with van der Waals surface area (Å²) in [6.07, 6.45) is 1.75. The molecule has 3 heterocycles. The molecule has 0 aliphatic carbocycles. The molecule has 1 fully saturated rings. The Kier molecular flexibility index (Phi) is 7.63. The third kappa shape index (κ3) is 5.06. The number of anilines is 2. The Hall–Kier alpha value is -4.54. The van der Waals surface area contributed by atoms with Gasteiger partial charge in [-0.25, -0.2) is 4.79 Å². The molecule has 3 N–H and O–H groups in total. The van der Waals surface area contributed by atoms with E-state index < -0.39 is 5.97 Å². The number of nitrogens with one attached hydrogen (secondary N) is 2. The Morgan fingerprint density at radius 3 is 2.48 bits per heavy atom. The molecule has 1 aliphatic heterocycles. The molecular weight excluding hydrogens is 526 g/mol. The number of aryl methyl sites for hydroxylation is 1. The van der Waals surface area contributed by atoms with E-state index in [0.717, 1.165) is 28.3 Å². The van der Waals surface area contributed by atoms with E-state index in [9.17, 15) is 14.7 Å². The van der Waals surface area contributed by atoms with E-state index in [1.54, 1.807) is 18.3 Å². The maximum Gasteiger partial charge on any atom is 0.337 e. The lowest BCUT2D eigenvalue weighted by molar-refractivity contribution is -0.119. The summed E-state index contributed by atoms with van der Waals surface area (Å²) in [7, 11) is 1.47. The van der Waals surface area contributed by atoms with Gasteiger partial charge in [-0.2, -0.15) is 0 Å².